The van der Waals surface area contributed by atoms with E-state index in [0.29, 0.717) is 5.56 Å². The van der Waals surface area contributed by atoms with Gasteiger partial charge in [0.25, 0.3) is 0 Å². The van der Waals surface area contributed by atoms with Crippen LogP contribution < -0.4 is 0 Å². The van der Waals surface area contributed by atoms with Crippen LogP contribution in [0.3, 0.4) is 0 Å². The Morgan fingerprint density at radius 2 is 2.20 bits per heavy atom. The molecule has 0 saturated carbocycles. The molecule has 0 aliphatic carbocycles. The molecule has 0 bridgehead atoms. The molecule has 1 aromatic carbocycles. The number of sulfone groups is 1. The summed E-state index contributed by atoms with van der Waals surface area (Å²) in [5, 5.41) is 9.44. The van der Waals surface area contributed by atoms with Crippen LogP contribution in [-0.2, 0) is 9.84 Å². The zero-order valence-corrected chi connectivity index (χ0v) is 8.96. The molecule has 2 unspecified atom stereocenters. The summed E-state index contributed by atoms with van der Waals surface area (Å²) >= 11 is 0. The maximum absolute atomic E-state index is 13.0. The van der Waals surface area contributed by atoms with Gasteiger partial charge in [0, 0.05) is 5.92 Å². The third-order valence-corrected chi connectivity index (χ3v) is 4.53. The number of benzene rings is 1. The normalized spacial score (nSPS) is 24.9. The lowest BCUT2D eigenvalue weighted by molar-refractivity contribution is 0.170. The lowest BCUT2D eigenvalue weighted by Crippen LogP contribution is -2.16. The molecule has 2 atom stereocenters. The molecule has 2 rings (SSSR count). The van der Waals surface area contributed by atoms with Crippen LogP contribution in [0.2, 0.25) is 0 Å². The van der Waals surface area contributed by atoms with Crippen LogP contribution >= 0.6 is 0 Å². The first-order valence-electron chi connectivity index (χ1n) is 4.62. The van der Waals surface area contributed by atoms with E-state index in [4.69, 9.17) is 0 Å². The Balaban J connectivity index is 2.64. The van der Waals surface area contributed by atoms with E-state index >= 15 is 0 Å². The molecule has 1 heterocycles. The number of hydrogen-bond acceptors (Lipinski definition) is 3. The summed E-state index contributed by atoms with van der Waals surface area (Å²) in [6.07, 6.45) is -0.789. The van der Waals surface area contributed by atoms with Crippen LogP contribution in [0.5, 0.6) is 0 Å². The van der Waals surface area contributed by atoms with E-state index in [9.17, 15) is 17.9 Å². The number of aliphatic hydroxyl groups excluding tert-OH is 1. The smallest absolute Gasteiger partial charge is 0.179 e. The van der Waals surface area contributed by atoms with Gasteiger partial charge in [-0.2, -0.15) is 0 Å². The maximum Gasteiger partial charge on any atom is 0.179 e. The van der Waals surface area contributed by atoms with Gasteiger partial charge in [-0.15, -0.1) is 0 Å². The van der Waals surface area contributed by atoms with Gasteiger partial charge in [0.15, 0.2) is 9.84 Å². The zero-order chi connectivity index (χ0) is 11.2. The molecule has 1 aliphatic rings. The second-order valence-corrected chi connectivity index (χ2v) is 5.81. The molecule has 0 fully saturated rings. The number of aliphatic hydroxyl groups is 1. The molecule has 15 heavy (non-hydrogen) atoms. The van der Waals surface area contributed by atoms with Crippen LogP contribution in [0.4, 0.5) is 4.39 Å². The largest absolute Gasteiger partial charge is 0.393 e. The van der Waals surface area contributed by atoms with Crippen LogP contribution in [0, 0.1) is 5.82 Å². The number of fused-ring (bicyclic) bond motifs is 1. The third-order valence-electron chi connectivity index (χ3n) is 2.69. The third kappa shape index (κ3) is 1.66. The van der Waals surface area contributed by atoms with Gasteiger partial charge in [0.05, 0.1) is 16.8 Å². The number of halogens is 1. The standard InChI is InChI=1S/C10H11FO3S/c1-6(12)9-5-15(13,14)10-3-2-7(11)4-8(9)10/h2-4,6,9,12H,5H2,1H3. The highest BCUT2D eigenvalue weighted by Crippen LogP contribution is 2.37. The molecule has 82 valence electrons. The summed E-state index contributed by atoms with van der Waals surface area (Å²) in [5.74, 6) is -1.12. The van der Waals surface area contributed by atoms with E-state index in [1.54, 1.807) is 0 Å². The molecule has 0 radical (unpaired) electrons. The molecular weight excluding hydrogens is 219 g/mol. The molecular formula is C10H11FO3S. The van der Waals surface area contributed by atoms with E-state index in [2.05, 4.69) is 0 Å². The summed E-state index contributed by atoms with van der Waals surface area (Å²) in [5.41, 5.74) is 0.394. The van der Waals surface area contributed by atoms with E-state index in [-0.39, 0.29) is 10.6 Å². The zero-order valence-electron chi connectivity index (χ0n) is 8.14. The first-order valence-corrected chi connectivity index (χ1v) is 6.27. The highest BCUT2D eigenvalue weighted by atomic mass is 32.2. The molecule has 0 spiro atoms. The minimum Gasteiger partial charge on any atom is -0.393 e. The number of hydrogen-bond donors (Lipinski definition) is 1. The molecule has 1 aromatic rings. The summed E-state index contributed by atoms with van der Waals surface area (Å²) in [6, 6.07) is 3.58. The molecule has 5 heteroatoms. The average Bonchev–Trinajstić information content (AvgIpc) is 2.38. The summed E-state index contributed by atoms with van der Waals surface area (Å²) in [4.78, 5) is 0.148. The van der Waals surface area contributed by atoms with Gasteiger partial charge < -0.3 is 5.11 Å². The monoisotopic (exact) mass is 230 g/mol. The predicted molar refractivity (Wildman–Crippen MR) is 52.9 cm³/mol. The first-order chi connectivity index (χ1) is 6.92. The van der Waals surface area contributed by atoms with Gasteiger partial charge in [-0.05, 0) is 30.7 Å². The minimum absolute atomic E-state index is 0.135. The van der Waals surface area contributed by atoms with Gasteiger partial charge in [0.1, 0.15) is 5.82 Å². The Bertz CT molecular complexity index is 493. The summed E-state index contributed by atoms with van der Waals surface area (Å²) in [7, 11) is -3.34. The van der Waals surface area contributed by atoms with Crippen molar-refractivity contribution in [1.29, 1.82) is 0 Å². The Morgan fingerprint density at radius 3 is 2.80 bits per heavy atom. The van der Waals surface area contributed by atoms with Crippen LogP contribution in [0.25, 0.3) is 0 Å². The van der Waals surface area contributed by atoms with E-state index in [0.717, 1.165) is 6.07 Å². The van der Waals surface area contributed by atoms with E-state index in [1.165, 1.54) is 19.1 Å². The lowest BCUT2D eigenvalue weighted by Gasteiger charge is -2.12. The molecule has 0 saturated heterocycles. The average molecular weight is 230 g/mol. The van der Waals surface area contributed by atoms with Gasteiger partial charge in [-0.25, -0.2) is 12.8 Å². The van der Waals surface area contributed by atoms with Crippen molar-refractivity contribution in [2.75, 3.05) is 5.75 Å². The summed E-state index contributed by atoms with van der Waals surface area (Å²) < 4.78 is 36.3. The Labute approximate surface area is 87.5 Å². The van der Waals surface area contributed by atoms with E-state index in [1.807, 2.05) is 0 Å². The fourth-order valence-electron chi connectivity index (χ4n) is 1.91. The Morgan fingerprint density at radius 1 is 1.53 bits per heavy atom. The van der Waals surface area contributed by atoms with Crippen molar-refractivity contribution in [2.24, 2.45) is 0 Å². The van der Waals surface area contributed by atoms with Crippen LogP contribution in [0.1, 0.15) is 18.4 Å². The first kappa shape index (κ1) is 10.6. The molecule has 0 aromatic heterocycles. The second-order valence-electron chi connectivity index (χ2n) is 3.81. The lowest BCUT2D eigenvalue weighted by atomic mass is 9.96. The fraction of sp³-hybridized carbons (Fsp3) is 0.400. The van der Waals surface area contributed by atoms with Crippen LogP contribution in [-0.4, -0.2) is 25.4 Å². The quantitative estimate of drug-likeness (QED) is 0.734. The highest BCUT2D eigenvalue weighted by Gasteiger charge is 2.37. The van der Waals surface area contributed by atoms with Crippen molar-refractivity contribution in [3.05, 3.63) is 29.6 Å². The molecule has 1 aliphatic heterocycles. The SMILES string of the molecule is CC(O)C1CS(=O)(=O)c2ccc(F)cc21. The Kier molecular flexibility index (Phi) is 2.31. The van der Waals surface area contributed by atoms with Crippen molar-refractivity contribution in [3.63, 3.8) is 0 Å². The van der Waals surface area contributed by atoms with Crippen molar-refractivity contribution in [1.82, 2.24) is 0 Å². The molecule has 1 N–H and O–H groups in total. The fourth-order valence-corrected chi connectivity index (χ4v) is 3.86. The van der Waals surface area contributed by atoms with Gasteiger partial charge in [-0.1, -0.05) is 0 Å². The topological polar surface area (TPSA) is 54.4 Å². The van der Waals surface area contributed by atoms with Gasteiger partial charge >= 0.3 is 0 Å². The van der Waals surface area contributed by atoms with Gasteiger partial charge in [0.2, 0.25) is 0 Å². The number of rotatable bonds is 1. The van der Waals surface area contributed by atoms with Gasteiger partial charge in [-0.3, -0.25) is 0 Å². The minimum atomic E-state index is -3.34. The highest BCUT2D eigenvalue weighted by molar-refractivity contribution is 7.91. The predicted octanol–water partition coefficient (Wildman–Crippen LogP) is 1.08. The maximum atomic E-state index is 13.0. The van der Waals surface area contributed by atoms with Crippen molar-refractivity contribution >= 4 is 9.84 Å². The second kappa shape index (κ2) is 3.28. The molecule has 3 nitrogen and oxygen atoms in total. The Hall–Kier alpha value is -0.940. The molecule has 0 amide bonds. The van der Waals surface area contributed by atoms with Crippen molar-refractivity contribution in [2.45, 2.75) is 23.8 Å². The van der Waals surface area contributed by atoms with Crippen LogP contribution in [0.15, 0.2) is 23.1 Å². The van der Waals surface area contributed by atoms with Crippen molar-refractivity contribution < 1.29 is 17.9 Å². The van der Waals surface area contributed by atoms with E-state index < -0.39 is 27.7 Å². The summed E-state index contributed by atoms with van der Waals surface area (Å²) in [6.45, 7) is 1.51. The van der Waals surface area contributed by atoms with Crippen molar-refractivity contribution in [3.8, 4) is 0 Å².